The average molecular weight is 223 g/mol. The molecule has 0 radical (unpaired) electrons. The van der Waals surface area contributed by atoms with Crippen LogP contribution in [-0.2, 0) is 4.79 Å². The Bertz CT molecular complexity index is 365. The molecule has 2 N–H and O–H groups in total. The largest absolute Gasteiger partial charge is 0.483 e. The van der Waals surface area contributed by atoms with Crippen molar-refractivity contribution in [2.45, 2.75) is 0 Å². The summed E-state index contributed by atoms with van der Waals surface area (Å²) in [7, 11) is 0. The van der Waals surface area contributed by atoms with Crippen molar-refractivity contribution in [1.82, 2.24) is 5.32 Å². The molecule has 0 atom stereocenters. The second kappa shape index (κ2) is 6.58. The molecule has 0 fully saturated rings. The molecule has 1 rings (SSSR count). The highest BCUT2D eigenvalue weighted by Gasteiger charge is 2.04. The first-order valence-electron chi connectivity index (χ1n) is 4.82. The maximum atomic E-state index is 11.1. The number of aliphatic hydroxyl groups excluding tert-OH is 1. The predicted octanol–water partition coefficient (Wildman–Crippen LogP) is -0.0136. The number of hydrogen-bond donors (Lipinski definition) is 2. The number of ether oxygens (including phenoxy) is 1. The zero-order valence-corrected chi connectivity index (χ0v) is 8.68. The molecule has 0 aromatic heterocycles. The van der Waals surface area contributed by atoms with Crippen molar-refractivity contribution in [3.05, 3.63) is 29.8 Å². The van der Waals surface area contributed by atoms with Crippen molar-refractivity contribution < 1.29 is 19.4 Å². The molecule has 0 aliphatic rings. The SMILES string of the molecule is O=Cc1ccccc1OCC(=O)NCCO. The number of benzene rings is 1. The molecule has 0 bridgehead atoms. The van der Waals surface area contributed by atoms with Gasteiger partial charge in [-0.1, -0.05) is 12.1 Å². The van der Waals surface area contributed by atoms with Crippen LogP contribution in [0, 0.1) is 0 Å². The van der Waals surface area contributed by atoms with E-state index in [1.165, 1.54) is 0 Å². The Hall–Kier alpha value is -1.88. The lowest BCUT2D eigenvalue weighted by Crippen LogP contribution is -2.31. The van der Waals surface area contributed by atoms with E-state index in [0.717, 1.165) is 0 Å². The number of amides is 1. The molecule has 1 amide bonds. The monoisotopic (exact) mass is 223 g/mol. The van der Waals surface area contributed by atoms with Gasteiger partial charge in [-0.15, -0.1) is 0 Å². The topological polar surface area (TPSA) is 75.6 Å². The summed E-state index contributed by atoms with van der Waals surface area (Å²) >= 11 is 0. The van der Waals surface area contributed by atoms with Gasteiger partial charge in [0, 0.05) is 6.54 Å². The Labute approximate surface area is 93.0 Å². The van der Waals surface area contributed by atoms with Crippen molar-refractivity contribution in [2.75, 3.05) is 19.8 Å². The number of carbonyl (C=O) groups excluding carboxylic acids is 2. The van der Waals surface area contributed by atoms with Gasteiger partial charge < -0.3 is 15.2 Å². The smallest absolute Gasteiger partial charge is 0.258 e. The standard InChI is InChI=1S/C11H13NO4/c13-6-5-12-11(15)8-16-10-4-2-1-3-9(10)7-14/h1-4,7,13H,5-6,8H2,(H,12,15). The van der Waals surface area contributed by atoms with Gasteiger partial charge in [0.05, 0.1) is 12.2 Å². The number of carbonyl (C=O) groups is 2. The van der Waals surface area contributed by atoms with Crippen LogP contribution < -0.4 is 10.1 Å². The van der Waals surface area contributed by atoms with E-state index in [9.17, 15) is 9.59 Å². The number of aliphatic hydroxyl groups is 1. The molecule has 0 unspecified atom stereocenters. The summed E-state index contributed by atoms with van der Waals surface area (Å²) in [6, 6.07) is 6.65. The van der Waals surface area contributed by atoms with Gasteiger partial charge in [0.1, 0.15) is 5.75 Å². The maximum Gasteiger partial charge on any atom is 0.258 e. The fourth-order valence-electron chi connectivity index (χ4n) is 1.10. The summed E-state index contributed by atoms with van der Waals surface area (Å²) < 4.78 is 5.16. The third kappa shape index (κ3) is 3.70. The summed E-state index contributed by atoms with van der Waals surface area (Å²) in [6.07, 6.45) is 0.668. The van der Waals surface area contributed by atoms with Gasteiger partial charge in [-0.05, 0) is 12.1 Å². The molecular formula is C11H13NO4. The number of para-hydroxylation sites is 1. The average Bonchev–Trinajstić information content (AvgIpc) is 2.34. The minimum Gasteiger partial charge on any atom is -0.483 e. The van der Waals surface area contributed by atoms with Crippen LogP contribution in [-0.4, -0.2) is 37.1 Å². The van der Waals surface area contributed by atoms with Gasteiger partial charge >= 0.3 is 0 Å². The number of aldehydes is 1. The molecule has 0 heterocycles. The molecule has 1 aromatic rings. The van der Waals surface area contributed by atoms with Gasteiger partial charge in [-0.3, -0.25) is 9.59 Å². The lowest BCUT2D eigenvalue weighted by molar-refractivity contribution is -0.123. The summed E-state index contributed by atoms with van der Waals surface area (Å²) in [5.41, 5.74) is 0.400. The molecule has 0 aliphatic carbocycles. The van der Waals surface area contributed by atoms with Gasteiger partial charge in [-0.2, -0.15) is 0 Å². The summed E-state index contributed by atoms with van der Waals surface area (Å²) in [5.74, 6) is 0.0337. The Morgan fingerprint density at radius 1 is 1.44 bits per heavy atom. The van der Waals surface area contributed by atoms with E-state index in [-0.39, 0.29) is 25.7 Å². The van der Waals surface area contributed by atoms with Crippen LogP contribution in [0.4, 0.5) is 0 Å². The predicted molar refractivity (Wildman–Crippen MR) is 57.4 cm³/mol. The van der Waals surface area contributed by atoms with E-state index in [0.29, 0.717) is 17.6 Å². The molecule has 0 saturated carbocycles. The molecule has 5 heteroatoms. The van der Waals surface area contributed by atoms with Crippen LogP contribution in [0.15, 0.2) is 24.3 Å². The molecule has 5 nitrogen and oxygen atoms in total. The number of rotatable bonds is 6. The van der Waals surface area contributed by atoms with Gasteiger partial charge in [0.2, 0.25) is 0 Å². The second-order valence-corrected chi connectivity index (χ2v) is 3.02. The highest BCUT2D eigenvalue weighted by Crippen LogP contribution is 2.15. The van der Waals surface area contributed by atoms with Crippen LogP contribution in [0.1, 0.15) is 10.4 Å². The molecule has 16 heavy (non-hydrogen) atoms. The van der Waals surface area contributed by atoms with Crippen molar-refractivity contribution >= 4 is 12.2 Å². The normalized spacial score (nSPS) is 9.56. The van der Waals surface area contributed by atoms with Crippen molar-refractivity contribution in [2.24, 2.45) is 0 Å². The van der Waals surface area contributed by atoms with Gasteiger partial charge in [0.15, 0.2) is 12.9 Å². The van der Waals surface area contributed by atoms with Crippen molar-refractivity contribution in [1.29, 1.82) is 0 Å². The third-order valence-corrected chi connectivity index (χ3v) is 1.84. The highest BCUT2D eigenvalue weighted by atomic mass is 16.5. The van der Waals surface area contributed by atoms with E-state index in [1.54, 1.807) is 24.3 Å². The highest BCUT2D eigenvalue weighted by molar-refractivity contribution is 5.80. The second-order valence-electron chi connectivity index (χ2n) is 3.02. The van der Waals surface area contributed by atoms with Crippen LogP contribution in [0.5, 0.6) is 5.75 Å². The quantitative estimate of drug-likeness (QED) is 0.665. The number of nitrogens with one attached hydrogen (secondary N) is 1. The lowest BCUT2D eigenvalue weighted by atomic mass is 10.2. The van der Waals surface area contributed by atoms with Crippen molar-refractivity contribution in [3.63, 3.8) is 0 Å². The molecule has 0 spiro atoms. The minimum atomic E-state index is -0.338. The van der Waals surface area contributed by atoms with Crippen LogP contribution in [0.25, 0.3) is 0 Å². The first-order chi connectivity index (χ1) is 7.77. The summed E-state index contributed by atoms with van der Waals surface area (Å²) in [4.78, 5) is 21.8. The summed E-state index contributed by atoms with van der Waals surface area (Å²) in [6.45, 7) is -0.0982. The van der Waals surface area contributed by atoms with Crippen LogP contribution >= 0.6 is 0 Å². The lowest BCUT2D eigenvalue weighted by Gasteiger charge is -2.07. The molecule has 0 saturated heterocycles. The van der Waals surface area contributed by atoms with Crippen LogP contribution in [0.3, 0.4) is 0 Å². The van der Waals surface area contributed by atoms with Gasteiger partial charge in [0.25, 0.3) is 5.91 Å². The molecule has 0 aliphatic heterocycles. The molecule has 1 aromatic carbocycles. The fraction of sp³-hybridized carbons (Fsp3) is 0.273. The zero-order valence-electron chi connectivity index (χ0n) is 8.68. The Morgan fingerprint density at radius 2 is 2.19 bits per heavy atom. The first kappa shape index (κ1) is 12.2. The minimum absolute atomic E-state index is 0.114. The summed E-state index contributed by atoms with van der Waals surface area (Å²) in [5, 5.41) is 10.9. The van der Waals surface area contributed by atoms with Crippen LogP contribution in [0.2, 0.25) is 0 Å². The van der Waals surface area contributed by atoms with E-state index in [4.69, 9.17) is 9.84 Å². The number of hydrogen-bond acceptors (Lipinski definition) is 4. The maximum absolute atomic E-state index is 11.1. The van der Waals surface area contributed by atoms with E-state index < -0.39 is 0 Å². The zero-order chi connectivity index (χ0) is 11.8. The van der Waals surface area contributed by atoms with E-state index >= 15 is 0 Å². The van der Waals surface area contributed by atoms with Crippen molar-refractivity contribution in [3.8, 4) is 5.75 Å². The Morgan fingerprint density at radius 3 is 2.88 bits per heavy atom. The third-order valence-electron chi connectivity index (χ3n) is 1.84. The van der Waals surface area contributed by atoms with Gasteiger partial charge in [-0.25, -0.2) is 0 Å². The van der Waals surface area contributed by atoms with E-state index in [1.807, 2.05) is 0 Å². The molecule has 86 valence electrons. The van der Waals surface area contributed by atoms with E-state index in [2.05, 4.69) is 5.32 Å². The fourth-order valence-corrected chi connectivity index (χ4v) is 1.10. The first-order valence-corrected chi connectivity index (χ1v) is 4.82. The Kier molecular flexibility index (Phi) is 5.01. The molecular weight excluding hydrogens is 210 g/mol. The Balaban J connectivity index is 2.47.